The number of nitrogen functional groups attached to an aromatic ring is 1. The third-order valence-electron chi connectivity index (χ3n) is 1.93. The standard InChI is InChI=1S/C11H9N3O3/c12-11-13-6-5-9(14-11)10(16)17-8-3-1-7(15)2-4-8/h1-6,15H,(H2,12,13,14). The molecule has 6 heteroatoms. The van der Waals surface area contributed by atoms with Gasteiger partial charge < -0.3 is 15.6 Å². The minimum Gasteiger partial charge on any atom is -0.508 e. The molecule has 0 saturated heterocycles. The Morgan fingerprint density at radius 1 is 1.24 bits per heavy atom. The van der Waals surface area contributed by atoms with Crippen molar-refractivity contribution < 1.29 is 14.6 Å². The quantitative estimate of drug-likeness (QED) is 0.590. The lowest BCUT2D eigenvalue weighted by Gasteiger charge is -2.03. The normalized spacial score (nSPS) is 9.88. The molecular weight excluding hydrogens is 222 g/mol. The van der Waals surface area contributed by atoms with Crippen LogP contribution < -0.4 is 10.5 Å². The minimum atomic E-state index is -0.634. The molecule has 0 amide bonds. The number of aromatic nitrogens is 2. The summed E-state index contributed by atoms with van der Waals surface area (Å²) in [7, 11) is 0. The molecule has 0 bridgehead atoms. The molecule has 1 aromatic carbocycles. The van der Waals surface area contributed by atoms with Crippen molar-refractivity contribution in [2.24, 2.45) is 0 Å². The molecule has 86 valence electrons. The Hall–Kier alpha value is -2.63. The molecule has 0 aliphatic rings. The smallest absolute Gasteiger partial charge is 0.362 e. The van der Waals surface area contributed by atoms with Crippen LogP contribution in [0.25, 0.3) is 0 Å². The SMILES string of the molecule is Nc1nccc(C(=O)Oc2ccc(O)cc2)n1. The van der Waals surface area contributed by atoms with Crippen molar-refractivity contribution in [1.29, 1.82) is 0 Å². The molecule has 17 heavy (non-hydrogen) atoms. The molecule has 0 atom stereocenters. The summed E-state index contributed by atoms with van der Waals surface area (Å²) in [5.74, 6) is -0.226. The second-order valence-corrected chi connectivity index (χ2v) is 3.18. The van der Waals surface area contributed by atoms with E-state index in [1.165, 1.54) is 36.5 Å². The van der Waals surface area contributed by atoms with Crippen LogP contribution in [-0.2, 0) is 0 Å². The highest BCUT2D eigenvalue weighted by molar-refractivity contribution is 5.89. The fraction of sp³-hybridized carbons (Fsp3) is 0. The van der Waals surface area contributed by atoms with E-state index in [9.17, 15) is 4.79 Å². The van der Waals surface area contributed by atoms with E-state index in [4.69, 9.17) is 15.6 Å². The van der Waals surface area contributed by atoms with Crippen molar-refractivity contribution in [1.82, 2.24) is 9.97 Å². The fourth-order valence-corrected chi connectivity index (χ4v) is 1.16. The van der Waals surface area contributed by atoms with Gasteiger partial charge in [-0.2, -0.15) is 0 Å². The van der Waals surface area contributed by atoms with Gasteiger partial charge in [0, 0.05) is 6.20 Å². The van der Waals surface area contributed by atoms with Gasteiger partial charge >= 0.3 is 5.97 Å². The van der Waals surface area contributed by atoms with Crippen LogP contribution in [-0.4, -0.2) is 21.0 Å². The van der Waals surface area contributed by atoms with Crippen LogP contribution in [0.5, 0.6) is 11.5 Å². The number of ether oxygens (including phenoxy) is 1. The van der Waals surface area contributed by atoms with Crippen molar-refractivity contribution in [3.05, 3.63) is 42.2 Å². The van der Waals surface area contributed by atoms with E-state index in [0.29, 0.717) is 5.75 Å². The summed E-state index contributed by atoms with van der Waals surface area (Å²) in [6.45, 7) is 0. The van der Waals surface area contributed by atoms with Gasteiger partial charge in [-0.15, -0.1) is 0 Å². The first-order valence-electron chi connectivity index (χ1n) is 4.75. The van der Waals surface area contributed by atoms with Crippen LogP contribution in [0.4, 0.5) is 5.95 Å². The number of aromatic hydroxyl groups is 1. The van der Waals surface area contributed by atoms with Gasteiger partial charge in [-0.3, -0.25) is 0 Å². The Bertz CT molecular complexity index is 540. The number of hydrogen-bond acceptors (Lipinski definition) is 6. The number of hydrogen-bond donors (Lipinski definition) is 2. The molecule has 6 nitrogen and oxygen atoms in total. The van der Waals surface area contributed by atoms with E-state index < -0.39 is 5.97 Å². The summed E-state index contributed by atoms with van der Waals surface area (Å²) in [4.78, 5) is 19.0. The van der Waals surface area contributed by atoms with Crippen molar-refractivity contribution in [3.63, 3.8) is 0 Å². The van der Waals surface area contributed by atoms with Crippen molar-refractivity contribution in [3.8, 4) is 11.5 Å². The number of carbonyl (C=O) groups excluding carboxylic acids is 1. The summed E-state index contributed by atoms with van der Waals surface area (Å²) in [5.41, 5.74) is 5.42. The third kappa shape index (κ3) is 2.69. The Labute approximate surface area is 96.7 Å². The average Bonchev–Trinajstić information content (AvgIpc) is 2.32. The minimum absolute atomic E-state index is 0.00477. The summed E-state index contributed by atoms with van der Waals surface area (Å²) in [5, 5.41) is 9.07. The van der Waals surface area contributed by atoms with Gasteiger partial charge in [0.05, 0.1) is 0 Å². The monoisotopic (exact) mass is 231 g/mol. The predicted octanol–water partition coefficient (Wildman–Crippen LogP) is 0.984. The van der Waals surface area contributed by atoms with Gasteiger partial charge in [0.1, 0.15) is 11.5 Å². The molecule has 0 aliphatic carbocycles. The van der Waals surface area contributed by atoms with Crippen molar-refractivity contribution in [2.45, 2.75) is 0 Å². The molecule has 1 aromatic heterocycles. The van der Waals surface area contributed by atoms with Gasteiger partial charge in [-0.05, 0) is 30.3 Å². The van der Waals surface area contributed by atoms with Crippen molar-refractivity contribution in [2.75, 3.05) is 5.73 Å². The number of phenolic OH excluding ortho intramolecular Hbond substituents is 1. The van der Waals surface area contributed by atoms with Gasteiger partial charge in [0.15, 0.2) is 5.69 Å². The average molecular weight is 231 g/mol. The number of phenols is 1. The fourth-order valence-electron chi connectivity index (χ4n) is 1.16. The number of esters is 1. The van der Waals surface area contributed by atoms with Gasteiger partial charge in [-0.1, -0.05) is 0 Å². The zero-order valence-electron chi connectivity index (χ0n) is 8.70. The number of nitrogens with zero attached hydrogens (tertiary/aromatic N) is 2. The highest BCUT2D eigenvalue weighted by Crippen LogP contribution is 2.16. The molecule has 0 aliphatic heterocycles. The van der Waals surface area contributed by atoms with Crippen LogP contribution >= 0.6 is 0 Å². The number of anilines is 1. The van der Waals surface area contributed by atoms with E-state index in [1.54, 1.807) is 0 Å². The second kappa shape index (κ2) is 4.48. The van der Waals surface area contributed by atoms with E-state index in [1.807, 2.05) is 0 Å². The molecule has 1 heterocycles. The summed E-state index contributed by atoms with van der Waals surface area (Å²) in [6, 6.07) is 7.17. The molecule has 0 radical (unpaired) electrons. The Morgan fingerprint density at radius 3 is 2.59 bits per heavy atom. The number of benzene rings is 1. The largest absolute Gasteiger partial charge is 0.508 e. The lowest BCUT2D eigenvalue weighted by molar-refractivity contribution is 0.0728. The summed E-state index contributed by atoms with van der Waals surface area (Å²) in [6.07, 6.45) is 1.37. The van der Waals surface area contributed by atoms with E-state index in [-0.39, 0.29) is 17.4 Å². The van der Waals surface area contributed by atoms with E-state index in [0.717, 1.165) is 0 Å². The molecular formula is C11H9N3O3. The Balaban J connectivity index is 2.14. The lowest BCUT2D eigenvalue weighted by atomic mass is 10.3. The molecule has 2 rings (SSSR count). The van der Waals surface area contributed by atoms with Gasteiger partial charge in [-0.25, -0.2) is 14.8 Å². The van der Waals surface area contributed by atoms with Crippen LogP contribution in [0.15, 0.2) is 36.5 Å². The topological polar surface area (TPSA) is 98.3 Å². The van der Waals surface area contributed by atoms with Crippen LogP contribution in [0.1, 0.15) is 10.5 Å². The number of rotatable bonds is 2. The first-order chi connectivity index (χ1) is 8.15. The molecule has 0 spiro atoms. The predicted molar refractivity (Wildman–Crippen MR) is 59.5 cm³/mol. The molecule has 0 unspecified atom stereocenters. The first kappa shape index (κ1) is 10.9. The van der Waals surface area contributed by atoms with Crippen molar-refractivity contribution >= 4 is 11.9 Å². The summed E-state index contributed by atoms with van der Waals surface area (Å²) >= 11 is 0. The summed E-state index contributed by atoms with van der Waals surface area (Å²) < 4.78 is 5.01. The molecule has 0 saturated carbocycles. The van der Waals surface area contributed by atoms with Gasteiger partial charge in [0.25, 0.3) is 0 Å². The van der Waals surface area contributed by atoms with Crippen LogP contribution in [0.3, 0.4) is 0 Å². The second-order valence-electron chi connectivity index (χ2n) is 3.18. The highest BCUT2D eigenvalue weighted by atomic mass is 16.5. The highest BCUT2D eigenvalue weighted by Gasteiger charge is 2.10. The zero-order valence-corrected chi connectivity index (χ0v) is 8.70. The number of carbonyl (C=O) groups is 1. The molecule has 2 aromatic rings. The zero-order chi connectivity index (χ0) is 12.3. The van der Waals surface area contributed by atoms with Crippen LogP contribution in [0.2, 0.25) is 0 Å². The Kier molecular flexibility index (Phi) is 2.87. The third-order valence-corrected chi connectivity index (χ3v) is 1.93. The van der Waals surface area contributed by atoms with Crippen LogP contribution in [0, 0.1) is 0 Å². The first-order valence-corrected chi connectivity index (χ1v) is 4.75. The molecule has 0 fully saturated rings. The Morgan fingerprint density at radius 2 is 1.94 bits per heavy atom. The maximum absolute atomic E-state index is 11.6. The number of nitrogens with two attached hydrogens (primary N) is 1. The maximum Gasteiger partial charge on any atom is 0.362 e. The van der Waals surface area contributed by atoms with Gasteiger partial charge in [0.2, 0.25) is 5.95 Å². The van der Waals surface area contributed by atoms with E-state index in [2.05, 4.69) is 9.97 Å². The lowest BCUT2D eigenvalue weighted by Crippen LogP contribution is -2.12. The van der Waals surface area contributed by atoms with E-state index >= 15 is 0 Å². The molecule has 3 N–H and O–H groups in total. The maximum atomic E-state index is 11.6.